The molecular formula is C21H20BrClN2O2. The number of fused-ring (bicyclic) bond motifs is 2. The summed E-state index contributed by atoms with van der Waals surface area (Å²) in [5.41, 5.74) is 7.22. The van der Waals surface area contributed by atoms with E-state index in [-0.39, 0.29) is 5.91 Å². The van der Waals surface area contributed by atoms with Crippen molar-refractivity contribution in [2.24, 2.45) is 0 Å². The minimum absolute atomic E-state index is 0.199. The molecule has 0 radical (unpaired) electrons. The van der Waals surface area contributed by atoms with Gasteiger partial charge in [0.15, 0.2) is 0 Å². The van der Waals surface area contributed by atoms with Crippen LogP contribution >= 0.6 is 27.5 Å². The van der Waals surface area contributed by atoms with E-state index in [9.17, 15) is 4.79 Å². The first-order valence-electron chi connectivity index (χ1n) is 9.11. The molecule has 1 fully saturated rings. The SMILES string of the molecule is O=C(CO)N1CCC(=C2c3ccc(Cl)cc3CCc3cc(Br)cnc32)CC1. The van der Waals surface area contributed by atoms with Gasteiger partial charge < -0.3 is 10.0 Å². The highest BCUT2D eigenvalue weighted by molar-refractivity contribution is 9.10. The highest BCUT2D eigenvalue weighted by atomic mass is 79.9. The van der Waals surface area contributed by atoms with Crippen LogP contribution in [0.15, 0.2) is 40.5 Å². The predicted octanol–water partition coefficient (Wildman–Crippen LogP) is 4.01. The third-order valence-corrected chi connectivity index (χ3v) is 6.05. The summed E-state index contributed by atoms with van der Waals surface area (Å²) in [6.07, 6.45) is 5.28. The number of nitrogens with zero attached hydrogens (tertiary/aromatic N) is 2. The maximum atomic E-state index is 11.8. The Morgan fingerprint density at radius 3 is 2.63 bits per heavy atom. The van der Waals surface area contributed by atoms with E-state index < -0.39 is 6.61 Å². The van der Waals surface area contributed by atoms with Gasteiger partial charge in [-0.2, -0.15) is 0 Å². The molecule has 27 heavy (non-hydrogen) atoms. The number of hydrogen-bond donors (Lipinski definition) is 1. The van der Waals surface area contributed by atoms with Crippen molar-refractivity contribution >= 4 is 39.0 Å². The summed E-state index contributed by atoms with van der Waals surface area (Å²) in [6.45, 7) is 0.839. The molecule has 0 atom stereocenters. The lowest BCUT2D eigenvalue weighted by Gasteiger charge is -2.30. The fourth-order valence-corrected chi connectivity index (χ4v) is 4.61. The van der Waals surface area contributed by atoms with Crippen LogP contribution in [0.1, 0.15) is 35.2 Å². The van der Waals surface area contributed by atoms with Crippen molar-refractivity contribution in [3.05, 3.63) is 67.9 Å². The lowest BCUT2D eigenvalue weighted by atomic mass is 9.88. The second kappa shape index (κ2) is 7.74. The standard InChI is InChI=1S/C21H20BrClN2O2/c22-16-9-15-2-1-14-10-17(23)3-4-18(14)20(21(15)24-11-16)13-5-7-25(8-6-13)19(27)12-26/h3-4,9-11,26H,1-2,5-8,12H2. The van der Waals surface area contributed by atoms with Crippen molar-refractivity contribution in [3.8, 4) is 0 Å². The van der Waals surface area contributed by atoms with E-state index in [2.05, 4.69) is 34.1 Å². The molecule has 4 nitrogen and oxygen atoms in total. The summed E-state index contributed by atoms with van der Waals surface area (Å²) < 4.78 is 0.984. The van der Waals surface area contributed by atoms with Crippen LogP contribution in [-0.4, -0.2) is 40.6 Å². The molecule has 6 heteroatoms. The van der Waals surface area contributed by atoms with E-state index in [1.165, 1.54) is 27.8 Å². The van der Waals surface area contributed by atoms with Gasteiger partial charge in [0.05, 0.1) is 5.69 Å². The Morgan fingerprint density at radius 1 is 1.15 bits per heavy atom. The summed E-state index contributed by atoms with van der Waals surface area (Å²) in [5, 5.41) is 9.87. The van der Waals surface area contributed by atoms with E-state index in [0.717, 1.165) is 40.9 Å². The number of pyridine rings is 1. The van der Waals surface area contributed by atoms with Gasteiger partial charge in [0.1, 0.15) is 6.61 Å². The Bertz CT molecular complexity index is 876. The maximum absolute atomic E-state index is 11.8. The molecule has 2 aliphatic rings. The summed E-state index contributed by atoms with van der Waals surface area (Å²) in [7, 11) is 0. The molecule has 1 aromatic heterocycles. The maximum Gasteiger partial charge on any atom is 0.248 e. The van der Waals surface area contributed by atoms with E-state index in [1.807, 2.05) is 12.3 Å². The first-order valence-corrected chi connectivity index (χ1v) is 10.3. The van der Waals surface area contributed by atoms with Crippen LogP contribution in [0.3, 0.4) is 0 Å². The highest BCUT2D eigenvalue weighted by Crippen LogP contribution is 2.39. The number of aliphatic hydroxyl groups excluding tert-OH is 1. The van der Waals surface area contributed by atoms with Crippen molar-refractivity contribution in [3.63, 3.8) is 0 Å². The molecule has 0 unspecified atom stereocenters. The third kappa shape index (κ3) is 3.68. The molecule has 0 bridgehead atoms. The van der Waals surface area contributed by atoms with Gasteiger partial charge in [0, 0.05) is 34.4 Å². The van der Waals surface area contributed by atoms with Crippen LogP contribution in [0.25, 0.3) is 5.57 Å². The normalized spacial score (nSPS) is 16.6. The summed E-state index contributed by atoms with van der Waals surface area (Å²) >= 11 is 9.81. The number of carbonyl (C=O) groups excluding carboxylic acids is 1. The molecular weight excluding hydrogens is 428 g/mol. The van der Waals surface area contributed by atoms with Gasteiger partial charge in [-0.05, 0) is 76.5 Å². The van der Waals surface area contributed by atoms with Gasteiger partial charge in [-0.1, -0.05) is 23.2 Å². The van der Waals surface area contributed by atoms with Crippen molar-refractivity contribution in [1.29, 1.82) is 0 Å². The highest BCUT2D eigenvalue weighted by Gasteiger charge is 2.26. The Labute approximate surface area is 172 Å². The molecule has 1 N–H and O–H groups in total. The second-order valence-corrected chi connectivity index (χ2v) is 8.33. The number of amides is 1. The monoisotopic (exact) mass is 446 g/mol. The second-order valence-electron chi connectivity index (χ2n) is 6.98. The number of carbonyl (C=O) groups is 1. The van der Waals surface area contributed by atoms with Gasteiger partial charge in [0.25, 0.3) is 0 Å². The molecule has 1 saturated heterocycles. The number of likely N-dealkylation sites (tertiary alicyclic amines) is 1. The fraction of sp³-hybridized carbons (Fsp3) is 0.333. The lowest BCUT2D eigenvalue weighted by molar-refractivity contribution is -0.134. The molecule has 1 aliphatic heterocycles. The zero-order valence-electron chi connectivity index (χ0n) is 14.8. The average molecular weight is 448 g/mol. The van der Waals surface area contributed by atoms with Crippen molar-refractivity contribution in [1.82, 2.24) is 9.88 Å². The topological polar surface area (TPSA) is 53.4 Å². The van der Waals surface area contributed by atoms with Crippen LogP contribution in [0.2, 0.25) is 5.02 Å². The summed E-state index contributed by atoms with van der Waals surface area (Å²) in [6, 6.07) is 8.25. The zero-order valence-corrected chi connectivity index (χ0v) is 17.2. The summed E-state index contributed by atoms with van der Waals surface area (Å²) in [5.74, 6) is -0.199. The predicted molar refractivity (Wildman–Crippen MR) is 110 cm³/mol. The summed E-state index contributed by atoms with van der Waals surface area (Å²) in [4.78, 5) is 18.3. The average Bonchev–Trinajstić information content (AvgIpc) is 2.83. The number of piperidine rings is 1. The van der Waals surface area contributed by atoms with Crippen LogP contribution in [0, 0.1) is 0 Å². The van der Waals surface area contributed by atoms with E-state index in [1.54, 1.807) is 4.90 Å². The number of aromatic nitrogens is 1. The van der Waals surface area contributed by atoms with Gasteiger partial charge in [-0.3, -0.25) is 9.78 Å². The molecule has 1 aromatic carbocycles. The Hall–Kier alpha value is -1.69. The number of rotatable bonds is 1. The quantitative estimate of drug-likeness (QED) is 0.718. The van der Waals surface area contributed by atoms with Gasteiger partial charge in [0.2, 0.25) is 5.91 Å². The van der Waals surface area contributed by atoms with Crippen molar-refractivity contribution < 1.29 is 9.90 Å². The number of halogens is 2. The number of hydrogen-bond acceptors (Lipinski definition) is 3. The van der Waals surface area contributed by atoms with E-state index in [0.29, 0.717) is 13.1 Å². The first kappa shape index (κ1) is 18.7. The minimum Gasteiger partial charge on any atom is -0.387 e. The van der Waals surface area contributed by atoms with Crippen LogP contribution in [0.4, 0.5) is 0 Å². The molecule has 140 valence electrons. The Kier molecular flexibility index (Phi) is 5.35. The molecule has 0 spiro atoms. The number of aliphatic hydroxyl groups is 1. The van der Waals surface area contributed by atoms with Gasteiger partial charge >= 0.3 is 0 Å². The van der Waals surface area contributed by atoms with E-state index in [4.69, 9.17) is 21.7 Å². The number of aryl methyl sites for hydroxylation is 2. The van der Waals surface area contributed by atoms with Crippen LogP contribution < -0.4 is 0 Å². The van der Waals surface area contributed by atoms with Gasteiger partial charge in [-0.25, -0.2) is 0 Å². The minimum atomic E-state index is -0.425. The third-order valence-electron chi connectivity index (χ3n) is 5.38. The number of benzene rings is 1. The molecule has 2 aromatic rings. The van der Waals surface area contributed by atoms with Crippen LogP contribution in [0.5, 0.6) is 0 Å². The lowest BCUT2D eigenvalue weighted by Crippen LogP contribution is -2.38. The first-order chi connectivity index (χ1) is 13.1. The molecule has 0 saturated carbocycles. The molecule has 1 aliphatic carbocycles. The van der Waals surface area contributed by atoms with Crippen LogP contribution in [-0.2, 0) is 17.6 Å². The molecule has 1 amide bonds. The van der Waals surface area contributed by atoms with Gasteiger partial charge in [-0.15, -0.1) is 0 Å². The largest absolute Gasteiger partial charge is 0.387 e. The van der Waals surface area contributed by atoms with Crippen molar-refractivity contribution in [2.75, 3.05) is 19.7 Å². The smallest absolute Gasteiger partial charge is 0.248 e. The van der Waals surface area contributed by atoms with Crippen molar-refractivity contribution in [2.45, 2.75) is 25.7 Å². The molecule has 2 heterocycles. The van der Waals surface area contributed by atoms with E-state index >= 15 is 0 Å². The Morgan fingerprint density at radius 2 is 1.89 bits per heavy atom. The zero-order chi connectivity index (χ0) is 19.0. The fourth-order valence-electron chi connectivity index (χ4n) is 4.04. The molecule has 4 rings (SSSR count). The Balaban J connectivity index is 1.83.